The quantitative estimate of drug-likeness (QED) is 0.685. The van der Waals surface area contributed by atoms with Crippen molar-refractivity contribution in [2.24, 2.45) is 5.41 Å². The maximum atomic E-state index is 12.8. The van der Waals surface area contributed by atoms with Crippen molar-refractivity contribution in [1.29, 1.82) is 0 Å². The molecule has 1 heterocycles. The highest BCUT2D eigenvalue weighted by atomic mass is 19.2. The third kappa shape index (κ3) is 3.91. The summed E-state index contributed by atoms with van der Waals surface area (Å²) in [5.41, 5.74) is 0.323. The van der Waals surface area contributed by atoms with Crippen molar-refractivity contribution in [2.45, 2.75) is 46.0 Å². The Hall–Kier alpha value is -0.180. The minimum atomic E-state index is -1.26. The Bertz CT molecular complexity index is 167. The summed E-state index contributed by atoms with van der Waals surface area (Å²) < 4.78 is 25.6. The summed E-state index contributed by atoms with van der Waals surface area (Å²) in [5, 5.41) is 0. The summed E-state index contributed by atoms with van der Waals surface area (Å²) in [7, 11) is 0. The van der Waals surface area contributed by atoms with Crippen molar-refractivity contribution in [1.82, 2.24) is 4.90 Å². The third-order valence-corrected chi connectivity index (χ3v) is 2.66. The average Bonchev–Trinajstić information content (AvgIpc) is 2.28. The Morgan fingerprint density at radius 2 is 1.64 bits per heavy atom. The molecule has 0 aliphatic carbocycles. The molecule has 0 aromatic rings. The van der Waals surface area contributed by atoms with Gasteiger partial charge in [0.05, 0.1) is 0 Å². The zero-order valence-corrected chi connectivity index (χ0v) is 9.39. The van der Waals surface area contributed by atoms with Crippen molar-refractivity contribution in [3.05, 3.63) is 0 Å². The lowest BCUT2D eigenvalue weighted by Gasteiger charge is -2.20. The fourth-order valence-electron chi connectivity index (χ4n) is 1.81. The number of likely N-dealkylation sites (tertiary alicyclic amines) is 1. The van der Waals surface area contributed by atoms with Crippen LogP contribution in [0.3, 0.4) is 0 Å². The third-order valence-electron chi connectivity index (χ3n) is 2.66. The topological polar surface area (TPSA) is 3.24 Å². The van der Waals surface area contributed by atoms with Crippen LogP contribution in [-0.4, -0.2) is 36.9 Å². The average molecular weight is 205 g/mol. The van der Waals surface area contributed by atoms with Crippen molar-refractivity contribution in [3.8, 4) is 0 Å². The summed E-state index contributed by atoms with van der Waals surface area (Å²) in [5.74, 6) is 0. The van der Waals surface area contributed by atoms with Gasteiger partial charge >= 0.3 is 0 Å². The molecule has 0 saturated carbocycles. The molecule has 2 atom stereocenters. The van der Waals surface area contributed by atoms with Crippen molar-refractivity contribution in [3.63, 3.8) is 0 Å². The first-order valence-corrected chi connectivity index (χ1v) is 5.39. The second-order valence-electron chi connectivity index (χ2n) is 5.46. The lowest BCUT2D eigenvalue weighted by molar-refractivity contribution is 0.217. The minimum absolute atomic E-state index is 0.283. The standard InChI is InChI=1S/C11H21F2N/c1-11(2,3)5-4-6-14-7-9(12)10(13)8-14/h9-10H,4-8H2,1-3H3/t9-,10+. The van der Waals surface area contributed by atoms with Crippen LogP contribution in [0.15, 0.2) is 0 Å². The molecule has 0 aromatic carbocycles. The number of nitrogens with zero attached hydrogens (tertiary/aromatic N) is 1. The monoisotopic (exact) mass is 205 g/mol. The maximum Gasteiger partial charge on any atom is 0.145 e. The normalized spacial score (nSPS) is 29.8. The van der Waals surface area contributed by atoms with Gasteiger partial charge in [-0.2, -0.15) is 0 Å². The molecular weight excluding hydrogens is 184 g/mol. The van der Waals surface area contributed by atoms with E-state index in [9.17, 15) is 8.78 Å². The second kappa shape index (κ2) is 4.56. The molecular formula is C11H21F2N. The van der Waals surface area contributed by atoms with Gasteiger partial charge in [-0.1, -0.05) is 20.8 Å². The summed E-state index contributed by atoms with van der Waals surface area (Å²) in [6.45, 7) is 7.96. The molecule has 0 amide bonds. The first kappa shape index (κ1) is 11.9. The zero-order chi connectivity index (χ0) is 10.8. The van der Waals surface area contributed by atoms with Gasteiger partial charge in [0.2, 0.25) is 0 Å². The van der Waals surface area contributed by atoms with Crippen LogP contribution >= 0.6 is 0 Å². The molecule has 14 heavy (non-hydrogen) atoms. The molecule has 0 N–H and O–H groups in total. The molecule has 0 unspecified atom stereocenters. The lowest BCUT2D eigenvalue weighted by Crippen LogP contribution is -2.23. The van der Waals surface area contributed by atoms with Gasteiger partial charge in [0.1, 0.15) is 12.3 Å². The van der Waals surface area contributed by atoms with Crippen molar-refractivity contribution < 1.29 is 8.78 Å². The van der Waals surface area contributed by atoms with Crippen LogP contribution in [0.5, 0.6) is 0 Å². The molecule has 1 saturated heterocycles. The van der Waals surface area contributed by atoms with E-state index in [1.54, 1.807) is 0 Å². The van der Waals surface area contributed by atoms with Gasteiger partial charge in [-0.05, 0) is 24.8 Å². The fourth-order valence-corrected chi connectivity index (χ4v) is 1.81. The Morgan fingerprint density at radius 3 is 2.07 bits per heavy atom. The van der Waals surface area contributed by atoms with Crippen LogP contribution in [0.4, 0.5) is 8.78 Å². The smallest absolute Gasteiger partial charge is 0.145 e. The van der Waals surface area contributed by atoms with Crippen LogP contribution < -0.4 is 0 Å². The molecule has 1 nitrogen and oxygen atoms in total. The molecule has 0 bridgehead atoms. The van der Waals surface area contributed by atoms with Crippen LogP contribution in [0.25, 0.3) is 0 Å². The predicted molar refractivity (Wildman–Crippen MR) is 54.9 cm³/mol. The molecule has 1 fully saturated rings. The Kier molecular flexibility index (Phi) is 3.87. The number of rotatable bonds is 3. The highest BCUT2D eigenvalue weighted by molar-refractivity contribution is 4.83. The second-order valence-corrected chi connectivity index (χ2v) is 5.46. The first-order valence-electron chi connectivity index (χ1n) is 5.39. The zero-order valence-electron chi connectivity index (χ0n) is 9.39. The highest BCUT2D eigenvalue weighted by Crippen LogP contribution is 2.22. The molecule has 1 aliphatic rings. The van der Waals surface area contributed by atoms with Crippen LogP contribution in [0, 0.1) is 5.41 Å². The summed E-state index contributed by atoms with van der Waals surface area (Å²) >= 11 is 0. The number of hydrogen-bond donors (Lipinski definition) is 0. The van der Waals surface area contributed by atoms with Crippen LogP contribution in [-0.2, 0) is 0 Å². The van der Waals surface area contributed by atoms with E-state index in [4.69, 9.17) is 0 Å². The molecule has 0 aromatic heterocycles. The van der Waals surface area contributed by atoms with Gasteiger partial charge in [-0.15, -0.1) is 0 Å². The van der Waals surface area contributed by atoms with Gasteiger partial charge in [-0.25, -0.2) is 8.78 Å². The predicted octanol–water partition coefficient (Wildman–Crippen LogP) is 2.80. The highest BCUT2D eigenvalue weighted by Gasteiger charge is 2.32. The molecule has 0 radical (unpaired) electrons. The molecule has 1 aliphatic heterocycles. The fraction of sp³-hybridized carbons (Fsp3) is 1.00. The van der Waals surface area contributed by atoms with Crippen molar-refractivity contribution in [2.75, 3.05) is 19.6 Å². The minimum Gasteiger partial charge on any atom is -0.297 e. The van der Waals surface area contributed by atoms with Crippen molar-refractivity contribution >= 4 is 0 Å². The van der Waals surface area contributed by atoms with Crippen LogP contribution in [0.1, 0.15) is 33.6 Å². The molecule has 3 heteroatoms. The van der Waals surface area contributed by atoms with Gasteiger partial charge < -0.3 is 0 Å². The van der Waals surface area contributed by atoms with Crippen LogP contribution in [0.2, 0.25) is 0 Å². The van der Waals surface area contributed by atoms with E-state index in [0.29, 0.717) is 5.41 Å². The summed E-state index contributed by atoms with van der Waals surface area (Å²) in [6.07, 6.45) is -0.380. The Balaban J connectivity index is 2.15. The number of alkyl halides is 2. The molecule has 1 rings (SSSR count). The van der Waals surface area contributed by atoms with E-state index in [-0.39, 0.29) is 13.1 Å². The van der Waals surface area contributed by atoms with E-state index >= 15 is 0 Å². The summed E-state index contributed by atoms with van der Waals surface area (Å²) in [6, 6.07) is 0. The van der Waals surface area contributed by atoms with Gasteiger partial charge in [0.15, 0.2) is 0 Å². The van der Waals surface area contributed by atoms with Gasteiger partial charge in [0, 0.05) is 13.1 Å². The Labute approximate surface area is 85.5 Å². The maximum absolute atomic E-state index is 12.8. The Morgan fingerprint density at radius 1 is 1.14 bits per heavy atom. The SMILES string of the molecule is CC(C)(C)CCCN1C[C@@H](F)[C@@H](F)C1. The van der Waals surface area contributed by atoms with E-state index in [0.717, 1.165) is 19.4 Å². The number of halogens is 2. The van der Waals surface area contributed by atoms with E-state index < -0.39 is 12.3 Å². The van der Waals surface area contributed by atoms with Gasteiger partial charge in [0.25, 0.3) is 0 Å². The van der Waals surface area contributed by atoms with Gasteiger partial charge in [-0.3, -0.25) is 4.90 Å². The van der Waals surface area contributed by atoms with E-state index in [2.05, 4.69) is 20.8 Å². The van der Waals surface area contributed by atoms with E-state index in [1.165, 1.54) is 0 Å². The number of hydrogen-bond acceptors (Lipinski definition) is 1. The van der Waals surface area contributed by atoms with E-state index in [1.807, 2.05) is 4.90 Å². The lowest BCUT2D eigenvalue weighted by atomic mass is 9.90. The largest absolute Gasteiger partial charge is 0.297 e. The molecule has 0 spiro atoms. The first-order chi connectivity index (χ1) is 6.38. The summed E-state index contributed by atoms with van der Waals surface area (Å²) in [4.78, 5) is 1.89. The molecule has 84 valence electrons.